The molecule has 7 nitrogen and oxygen atoms in total. The van der Waals surface area contributed by atoms with Crippen LogP contribution in [0.25, 0.3) is 0 Å². The van der Waals surface area contributed by atoms with Crippen molar-refractivity contribution in [1.82, 2.24) is 15.1 Å². The molecule has 1 aromatic carbocycles. The highest BCUT2D eigenvalue weighted by Gasteiger charge is 2.20. The molecule has 0 radical (unpaired) electrons. The van der Waals surface area contributed by atoms with Gasteiger partial charge in [-0.05, 0) is 18.2 Å². The molecule has 7 heteroatoms. The Kier molecular flexibility index (Phi) is 4.12. The van der Waals surface area contributed by atoms with E-state index in [0.29, 0.717) is 23.6 Å². The van der Waals surface area contributed by atoms with E-state index >= 15 is 0 Å². The van der Waals surface area contributed by atoms with Gasteiger partial charge in [0.15, 0.2) is 0 Å². The molecule has 0 atom stereocenters. The van der Waals surface area contributed by atoms with Crippen LogP contribution in [0.5, 0.6) is 0 Å². The molecule has 3 rings (SSSR count). The summed E-state index contributed by atoms with van der Waals surface area (Å²) >= 11 is 0. The van der Waals surface area contributed by atoms with Crippen molar-refractivity contribution in [2.24, 2.45) is 7.05 Å². The predicted molar refractivity (Wildman–Crippen MR) is 87.3 cm³/mol. The summed E-state index contributed by atoms with van der Waals surface area (Å²) in [4.78, 5) is 23.6. The van der Waals surface area contributed by atoms with E-state index in [1.54, 1.807) is 28.9 Å². The number of anilines is 2. The third-order valence-corrected chi connectivity index (χ3v) is 3.75. The Bertz CT molecular complexity index is 766. The number of aryl methyl sites for hydroxylation is 1. The van der Waals surface area contributed by atoms with Crippen LogP contribution < -0.4 is 16.0 Å². The molecule has 0 fully saturated rings. The fraction of sp³-hybridized carbons (Fsp3) is 0.312. The summed E-state index contributed by atoms with van der Waals surface area (Å²) in [6, 6.07) is 6.84. The lowest BCUT2D eigenvalue weighted by Gasteiger charge is -2.13. The van der Waals surface area contributed by atoms with Gasteiger partial charge in [-0.1, -0.05) is 6.07 Å². The molecule has 120 valence electrons. The minimum Gasteiger partial charge on any atom is -0.326 e. The normalized spacial score (nSPS) is 13.3. The number of rotatable bonds is 3. The molecule has 1 aromatic heterocycles. The van der Waals surface area contributed by atoms with Crippen LogP contribution in [0, 0.1) is 0 Å². The molecular formula is C16H19N5O2. The van der Waals surface area contributed by atoms with Crippen molar-refractivity contribution in [2.45, 2.75) is 19.9 Å². The first-order valence-corrected chi connectivity index (χ1v) is 7.49. The molecule has 0 bridgehead atoms. The summed E-state index contributed by atoms with van der Waals surface area (Å²) in [5, 5.41) is 13.3. The van der Waals surface area contributed by atoms with E-state index in [4.69, 9.17) is 0 Å². The number of carbonyl (C=O) groups excluding carboxylic acids is 2. The molecular weight excluding hydrogens is 294 g/mol. The zero-order valence-electron chi connectivity index (χ0n) is 13.1. The Balaban J connectivity index is 1.82. The Morgan fingerprint density at radius 2 is 2.13 bits per heavy atom. The second-order valence-corrected chi connectivity index (χ2v) is 5.54. The van der Waals surface area contributed by atoms with Crippen molar-refractivity contribution in [3.63, 3.8) is 0 Å². The molecule has 0 spiro atoms. The molecule has 2 amide bonds. The maximum atomic E-state index is 12.5. The van der Waals surface area contributed by atoms with Crippen molar-refractivity contribution in [1.29, 1.82) is 0 Å². The number of carbonyl (C=O) groups is 2. The number of nitrogens with one attached hydrogen (secondary N) is 3. The van der Waals surface area contributed by atoms with Crippen LogP contribution in [-0.4, -0.2) is 28.1 Å². The van der Waals surface area contributed by atoms with Crippen LogP contribution in [0.15, 0.2) is 24.3 Å². The van der Waals surface area contributed by atoms with Crippen molar-refractivity contribution in [3.05, 3.63) is 41.1 Å². The zero-order valence-corrected chi connectivity index (χ0v) is 13.1. The average molecular weight is 313 g/mol. The van der Waals surface area contributed by atoms with Gasteiger partial charge < -0.3 is 16.0 Å². The first-order valence-electron chi connectivity index (χ1n) is 7.49. The summed E-state index contributed by atoms with van der Waals surface area (Å²) in [7, 11) is 1.82. The minimum absolute atomic E-state index is 0.172. The monoisotopic (exact) mass is 313 g/mol. The van der Waals surface area contributed by atoms with E-state index < -0.39 is 0 Å². The Morgan fingerprint density at radius 3 is 2.91 bits per heavy atom. The summed E-state index contributed by atoms with van der Waals surface area (Å²) in [6.07, 6.45) is 0.858. The Labute approximate surface area is 134 Å². The van der Waals surface area contributed by atoms with Gasteiger partial charge in [0.05, 0.1) is 5.69 Å². The van der Waals surface area contributed by atoms with Gasteiger partial charge in [-0.3, -0.25) is 14.3 Å². The summed E-state index contributed by atoms with van der Waals surface area (Å²) in [5.41, 5.74) is 3.13. The van der Waals surface area contributed by atoms with Crippen LogP contribution in [0.1, 0.15) is 28.5 Å². The van der Waals surface area contributed by atoms with Crippen molar-refractivity contribution in [2.75, 3.05) is 17.2 Å². The van der Waals surface area contributed by atoms with Crippen molar-refractivity contribution in [3.8, 4) is 0 Å². The number of hydrogen-bond donors (Lipinski definition) is 3. The van der Waals surface area contributed by atoms with Crippen LogP contribution in [0.2, 0.25) is 0 Å². The fourth-order valence-corrected chi connectivity index (χ4v) is 2.71. The smallest absolute Gasteiger partial charge is 0.256 e. The van der Waals surface area contributed by atoms with Crippen LogP contribution in [-0.2, 0) is 24.8 Å². The van der Waals surface area contributed by atoms with Gasteiger partial charge in [0.25, 0.3) is 5.91 Å². The quantitative estimate of drug-likeness (QED) is 0.796. The number of aromatic nitrogens is 2. The standard InChI is InChI=1S/C16H19N5O2/c1-10(22)18-12-5-3-4-11(8-12)16(23)19-15-13-9-17-7-6-14(13)20-21(15)2/h3-5,8,17H,6-7,9H2,1-2H3,(H,18,22)(H,19,23). The van der Waals surface area contributed by atoms with Crippen LogP contribution >= 0.6 is 0 Å². The SMILES string of the molecule is CC(=O)Nc1cccc(C(=O)Nc2c3c(nn2C)CCNC3)c1. The molecule has 1 aliphatic rings. The van der Waals surface area contributed by atoms with Gasteiger partial charge in [-0.25, -0.2) is 0 Å². The largest absolute Gasteiger partial charge is 0.326 e. The number of hydrogen-bond acceptors (Lipinski definition) is 4. The lowest BCUT2D eigenvalue weighted by Crippen LogP contribution is -2.24. The minimum atomic E-state index is -0.228. The van der Waals surface area contributed by atoms with E-state index in [1.807, 2.05) is 7.05 Å². The highest BCUT2D eigenvalue weighted by molar-refractivity contribution is 6.05. The van der Waals surface area contributed by atoms with E-state index in [9.17, 15) is 9.59 Å². The summed E-state index contributed by atoms with van der Waals surface area (Å²) in [5.74, 6) is 0.310. The van der Waals surface area contributed by atoms with Crippen molar-refractivity contribution >= 4 is 23.3 Å². The second-order valence-electron chi connectivity index (χ2n) is 5.54. The molecule has 1 aliphatic heterocycles. The second kappa shape index (κ2) is 6.21. The maximum absolute atomic E-state index is 12.5. The lowest BCUT2D eigenvalue weighted by molar-refractivity contribution is -0.114. The molecule has 2 heterocycles. The summed E-state index contributed by atoms with van der Waals surface area (Å²) in [6.45, 7) is 3.03. The zero-order chi connectivity index (χ0) is 16.4. The van der Waals surface area contributed by atoms with E-state index in [0.717, 1.165) is 24.2 Å². The lowest BCUT2D eigenvalue weighted by atomic mass is 10.1. The topological polar surface area (TPSA) is 88.1 Å². The molecule has 0 saturated heterocycles. The van der Waals surface area contributed by atoms with Crippen molar-refractivity contribution < 1.29 is 9.59 Å². The number of amides is 2. The number of benzene rings is 1. The highest BCUT2D eigenvalue weighted by atomic mass is 16.2. The van der Waals surface area contributed by atoms with Gasteiger partial charge in [0.2, 0.25) is 5.91 Å². The van der Waals surface area contributed by atoms with Gasteiger partial charge in [-0.15, -0.1) is 0 Å². The van der Waals surface area contributed by atoms with Crippen LogP contribution in [0.3, 0.4) is 0 Å². The molecule has 2 aromatic rings. The number of nitrogens with zero attached hydrogens (tertiary/aromatic N) is 2. The molecule has 0 aliphatic carbocycles. The third kappa shape index (κ3) is 3.24. The molecule has 23 heavy (non-hydrogen) atoms. The number of fused-ring (bicyclic) bond motifs is 1. The average Bonchev–Trinajstić information content (AvgIpc) is 2.83. The molecule has 0 unspecified atom stereocenters. The van der Waals surface area contributed by atoms with E-state index in [2.05, 4.69) is 21.0 Å². The van der Waals surface area contributed by atoms with Gasteiger partial charge in [0.1, 0.15) is 5.82 Å². The molecule has 3 N–H and O–H groups in total. The maximum Gasteiger partial charge on any atom is 0.256 e. The van der Waals surface area contributed by atoms with Gasteiger partial charge in [-0.2, -0.15) is 5.10 Å². The first-order chi connectivity index (χ1) is 11.0. The Hall–Kier alpha value is -2.67. The predicted octanol–water partition coefficient (Wildman–Crippen LogP) is 1.28. The van der Waals surface area contributed by atoms with E-state index in [1.165, 1.54) is 6.92 Å². The first kappa shape index (κ1) is 15.2. The highest BCUT2D eigenvalue weighted by Crippen LogP contribution is 2.23. The van der Waals surface area contributed by atoms with Gasteiger partial charge >= 0.3 is 0 Å². The Morgan fingerprint density at radius 1 is 1.30 bits per heavy atom. The van der Waals surface area contributed by atoms with E-state index in [-0.39, 0.29) is 11.8 Å². The third-order valence-electron chi connectivity index (χ3n) is 3.75. The fourth-order valence-electron chi connectivity index (χ4n) is 2.71. The van der Waals surface area contributed by atoms with Gasteiger partial charge in [0, 0.05) is 50.3 Å². The summed E-state index contributed by atoms with van der Waals surface area (Å²) < 4.78 is 1.70. The molecule has 0 saturated carbocycles. The van der Waals surface area contributed by atoms with Crippen LogP contribution in [0.4, 0.5) is 11.5 Å².